The van der Waals surface area contributed by atoms with E-state index in [4.69, 9.17) is 9.47 Å². The third-order valence-electron chi connectivity index (χ3n) is 3.24. The Labute approximate surface area is 132 Å². The van der Waals surface area contributed by atoms with Crippen LogP contribution in [0.1, 0.15) is 16.8 Å². The fourth-order valence-corrected chi connectivity index (χ4v) is 2.00. The van der Waals surface area contributed by atoms with E-state index in [2.05, 4.69) is 20.7 Å². The van der Waals surface area contributed by atoms with Gasteiger partial charge < -0.3 is 14.6 Å². The van der Waals surface area contributed by atoms with Crippen LogP contribution in [0.3, 0.4) is 0 Å². The number of ether oxygens (including phenoxy) is 2. The summed E-state index contributed by atoms with van der Waals surface area (Å²) in [5.74, 6) is 0.794. The van der Waals surface area contributed by atoms with Gasteiger partial charge in [0.1, 0.15) is 0 Å². The summed E-state index contributed by atoms with van der Waals surface area (Å²) in [4.78, 5) is 23.3. The van der Waals surface area contributed by atoms with Crippen molar-refractivity contribution in [2.24, 2.45) is 5.10 Å². The largest absolute Gasteiger partial charge is 0.493 e. The van der Waals surface area contributed by atoms with E-state index in [1.54, 1.807) is 32.2 Å². The molecule has 0 spiro atoms. The molecule has 0 atom stereocenters. The second-order valence-corrected chi connectivity index (χ2v) is 4.77. The second kappa shape index (κ2) is 7.30. The van der Waals surface area contributed by atoms with E-state index in [1.165, 1.54) is 13.3 Å². The summed E-state index contributed by atoms with van der Waals surface area (Å²) >= 11 is 0. The monoisotopic (exact) mass is 318 g/mol. The first kappa shape index (κ1) is 16.3. The summed E-state index contributed by atoms with van der Waals surface area (Å²) < 4.78 is 10.3. The summed E-state index contributed by atoms with van der Waals surface area (Å²) in [5, 5.41) is 8.96. The number of benzene rings is 1. The third kappa shape index (κ3) is 4.00. The van der Waals surface area contributed by atoms with Crippen molar-refractivity contribution in [3.8, 4) is 11.5 Å². The predicted octanol–water partition coefficient (Wildman–Crippen LogP) is 0.721. The van der Waals surface area contributed by atoms with Crippen LogP contribution in [0.5, 0.6) is 11.5 Å². The van der Waals surface area contributed by atoms with Crippen LogP contribution in [-0.2, 0) is 11.2 Å². The van der Waals surface area contributed by atoms with Gasteiger partial charge in [0.15, 0.2) is 11.5 Å². The van der Waals surface area contributed by atoms with Crippen LogP contribution in [0.25, 0.3) is 0 Å². The number of carbonyl (C=O) groups is 1. The highest BCUT2D eigenvalue weighted by Gasteiger charge is 2.10. The highest BCUT2D eigenvalue weighted by Crippen LogP contribution is 2.26. The van der Waals surface area contributed by atoms with E-state index in [-0.39, 0.29) is 17.9 Å². The molecular weight excluding hydrogens is 300 g/mol. The molecule has 8 nitrogen and oxygen atoms in total. The molecule has 0 radical (unpaired) electrons. The molecule has 3 N–H and O–H groups in total. The molecule has 122 valence electrons. The number of H-pyrrole nitrogens is 2. The molecule has 0 bridgehead atoms. The lowest BCUT2D eigenvalue weighted by Crippen LogP contribution is -2.23. The minimum Gasteiger partial charge on any atom is -0.493 e. The quantitative estimate of drug-likeness (QED) is 0.538. The number of aryl methyl sites for hydroxylation is 1. The maximum absolute atomic E-state index is 11.8. The fourth-order valence-electron chi connectivity index (χ4n) is 2.00. The molecule has 1 aromatic carbocycles. The van der Waals surface area contributed by atoms with E-state index in [1.807, 2.05) is 0 Å². The number of hydrogen-bond donors (Lipinski definition) is 3. The van der Waals surface area contributed by atoms with Gasteiger partial charge in [-0.25, -0.2) is 5.43 Å². The Hall–Kier alpha value is -3.03. The molecule has 0 saturated heterocycles. The van der Waals surface area contributed by atoms with Crippen molar-refractivity contribution in [1.82, 2.24) is 15.6 Å². The SMILES string of the molecule is COc1ccc(C=NNC(=O)Cc2c(C)[nH][nH]c2=O)cc1OC. The van der Waals surface area contributed by atoms with Crippen LogP contribution in [-0.4, -0.2) is 36.5 Å². The number of nitrogens with one attached hydrogen (secondary N) is 3. The van der Waals surface area contributed by atoms with E-state index in [0.717, 1.165) is 5.56 Å². The van der Waals surface area contributed by atoms with E-state index in [0.29, 0.717) is 22.8 Å². The number of methoxy groups -OCH3 is 2. The molecule has 8 heteroatoms. The minimum absolute atomic E-state index is 0.0477. The second-order valence-electron chi connectivity index (χ2n) is 4.77. The van der Waals surface area contributed by atoms with Gasteiger partial charge in [0.2, 0.25) is 5.91 Å². The molecule has 2 rings (SSSR count). The number of rotatable bonds is 6. The average molecular weight is 318 g/mol. The summed E-state index contributed by atoms with van der Waals surface area (Å²) in [7, 11) is 3.09. The van der Waals surface area contributed by atoms with E-state index >= 15 is 0 Å². The van der Waals surface area contributed by atoms with Crippen LogP contribution in [0.15, 0.2) is 28.1 Å². The molecule has 1 aromatic heterocycles. The van der Waals surface area contributed by atoms with Crippen LogP contribution < -0.4 is 20.5 Å². The van der Waals surface area contributed by atoms with Gasteiger partial charge in [0.05, 0.1) is 26.9 Å². The molecule has 1 heterocycles. The minimum atomic E-state index is -0.380. The molecule has 23 heavy (non-hydrogen) atoms. The molecule has 0 fully saturated rings. The van der Waals surface area contributed by atoms with Crippen LogP contribution in [0.4, 0.5) is 0 Å². The van der Waals surface area contributed by atoms with E-state index in [9.17, 15) is 9.59 Å². The normalized spacial score (nSPS) is 10.7. The first-order valence-electron chi connectivity index (χ1n) is 6.85. The Morgan fingerprint density at radius 1 is 1.26 bits per heavy atom. The summed E-state index contributed by atoms with van der Waals surface area (Å²) in [6.07, 6.45) is 1.43. The maximum atomic E-state index is 11.8. The van der Waals surface area contributed by atoms with Gasteiger partial charge in [-0.15, -0.1) is 0 Å². The van der Waals surface area contributed by atoms with Gasteiger partial charge in [0.25, 0.3) is 5.56 Å². The number of nitrogens with zero attached hydrogens (tertiary/aromatic N) is 1. The van der Waals surface area contributed by atoms with Crippen molar-refractivity contribution in [3.05, 3.63) is 45.4 Å². The topological polar surface area (TPSA) is 109 Å². The lowest BCUT2D eigenvalue weighted by molar-refractivity contribution is -0.120. The van der Waals surface area contributed by atoms with Crippen LogP contribution in [0.2, 0.25) is 0 Å². The number of hydrazone groups is 1. The predicted molar refractivity (Wildman–Crippen MR) is 85.1 cm³/mol. The van der Waals surface area contributed by atoms with Crippen molar-refractivity contribution >= 4 is 12.1 Å². The van der Waals surface area contributed by atoms with Gasteiger partial charge in [-0.2, -0.15) is 5.10 Å². The fraction of sp³-hybridized carbons (Fsp3) is 0.267. The highest BCUT2D eigenvalue weighted by molar-refractivity contribution is 5.84. The van der Waals surface area contributed by atoms with Gasteiger partial charge in [-0.1, -0.05) is 0 Å². The number of aromatic amines is 2. The Kier molecular flexibility index (Phi) is 5.19. The summed E-state index contributed by atoms with van der Waals surface area (Å²) in [6, 6.07) is 5.25. The Balaban J connectivity index is 1.99. The Morgan fingerprint density at radius 2 is 2.00 bits per heavy atom. The van der Waals surface area contributed by atoms with Crippen LogP contribution in [0, 0.1) is 6.92 Å². The van der Waals surface area contributed by atoms with Gasteiger partial charge in [0, 0.05) is 11.3 Å². The lowest BCUT2D eigenvalue weighted by Gasteiger charge is -2.07. The zero-order chi connectivity index (χ0) is 16.8. The molecule has 0 aliphatic rings. The van der Waals surface area contributed by atoms with Gasteiger partial charge in [-0.3, -0.25) is 14.7 Å². The van der Waals surface area contributed by atoms with Crippen molar-refractivity contribution in [1.29, 1.82) is 0 Å². The van der Waals surface area contributed by atoms with Gasteiger partial charge in [-0.05, 0) is 30.7 Å². The highest BCUT2D eigenvalue weighted by atomic mass is 16.5. The van der Waals surface area contributed by atoms with Gasteiger partial charge >= 0.3 is 0 Å². The molecule has 0 unspecified atom stereocenters. The number of amides is 1. The zero-order valence-electron chi connectivity index (χ0n) is 13.1. The molecule has 0 saturated carbocycles. The van der Waals surface area contributed by atoms with Crippen molar-refractivity contribution in [2.75, 3.05) is 14.2 Å². The number of aromatic nitrogens is 2. The third-order valence-corrected chi connectivity index (χ3v) is 3.24. The molecular formula is C15H18N4O4. The molecule has 0 aliphatic carbocycles. The Bertz CT molecular complexity index is 776. The lowest BCUT2D eigenvalue weighted by atomic mass is 10.2. The summed E-state index contributed by atoms with van der Waals surface area (Å²) in [5.41, 5.74) is 3.84. The van der Waals surface area contributed by atoms with Crippen molar-refractivity contribution in [2.45, 2.75) is 13.3 Å². The maximum Gasteiger partial charge on any atom is 0.267 e. The number of hydrogen-bond acceptors (Lipinski definition) is 5. The first-order chi connectivity index (χ1) is 11.0. The average Bonchev–Trinajstić information content (AvgIpc) is 2.86. The van der Waals surface area contributed by atoms with E-state index < -0.39 is 0 Å². The van der Waals surface area contributed by atoms with Crippen LogP contribution >= 0.6 is 0 Å². The smallest absolute Gasteiger partial charge is 0.267 e. The molecule has 2 aromatic rings. The van der Waals surface area contributed by atoms with Crippen molar-refractivity contribution < 1.29 is 14.3 Å². The Morgan fingerprint density at radius 3 is 2.61 bits per heavy atom. The first-order valence-corrected chi connectivity index (χ1v) is 6.85. The van der Waals surface area contributed by atoms with Crippen molar-refractivity contribution in [3.63, 3.8) is 0 Å². The molecule has 1 amide bonds. The summed E-state index contributed by atoms with van der Waals surface area (Å²) in [6.45, 7) is 1.72. The molecule has 0 aliphatic heterocycles. The number of carbonyl (C=O) groups excluding carboxylic acids is 1. The zero-order valence-corrected chi connectivity index (χ0v) is 13.1. The standard InChI is InChI=1S/C15H18N4O4/c1-9-11(15(21)19-17-9)7-14(20)18-16-8-10-4-5-12(22-2)13(6-10)23-3/h4-6,8H,7H2,1-3H3,(H,18,20)(H2,17,19,21).